The molecule has 0 spiro atoms. The Hall–Kier alpha value is -2.10. The van der Waals surface area contributed by atoms with E-state index in [9.17, 15) is 9.59 Å². The molecule has 0 saturated heterocycles. The fourth-order valence-electron chi connectivity index (χ4n) is 1.67. The van der Waals surface area contributed by atoms with Crippen molar-refractivity contribution in [3.63, 3.8) is 0 Å². The van der Waals surface area contributed by atoms with Gasteiger partial charge < -0.3 is 9.73 Å². The molecular formula is C15H17NO3. The fourth-order valence-corrected chi connectivity index (χ4v) is 1.67. The summed E-state index contributed by atoms with van der Waals surface area (Å²) >= 11 is 0. The van der Waals surface area contributed by atoms with Crippen molar-refractivity contribution < 1.29 is 9.21 Å². The Morgan fingerprint density at radius 3 is 2.68 bits per heavy atom. The van der Waals surface area contributed by atoms with Crippen LogP contribution in [0.2, 0.25) is 0 Å². The first-order valence-corrected chi connectivity index (χ1v) is 6.28. The summed E-state index contributed by atoms with van der Waals surface area (Å²) in [7, 11) is 0. The highest BCUT2D eigenvalue weighted by molar-refractivity contribution is 5.93. The van der Waals surface area contributed by atoms with Crippen LogP contribution in [0.3, 0.4) is 0 Å². The molecule has 1 amide bonds. The van der Waals surface area contributed by atoms with Crippen molar-refractivity contribution in [2.24, 2.45) is 0 Å². The van der Waals surface area contributed by atoms with E-state index >= 15 is 0 Å². The number of fused-ring (bicyclic) bond motifs is 1. The first-order valence-electron chi connectivity index (χ1n) is 6.28. The summed E-state index contributed by atoms with van der Waals surface area (Å²) in [6, 6.07) is 8.13. The molecule has 1 aromatic carbocycles. The van der Waals surface area contributed by atoms with E-state index in [1.807, 2.05) is 20.8 Å². The summed E-state index contributed by atoms with van der Waals surface area (Å²) in [4.78, 5) is 24.0. The van der Waals surface area contributed by atoms with Gasteiger partial charge in [0.2, 0.25) is 0 Å². The zero-order valence-electron chi connectivity index (χ0n) is 11.3. The second-order valence-electron chi connectivity index (χ2n) is 5.16. The first-order chi connectivity index (χ1) is 8.93. The van der Waals surface area contributed by atoms with Crippen LogP contribution in [-0.2, 0) is 0 Å². The van der Waals surface area contributed by atoms with Gasteiger partial charge in [0.1, 0.15) is 5.58 Å². The number of hydrogen-bond donors (Lipinski definition) is 1. The van der Waals surface area contributed by atoms with Gasteiger partial charge in [-0.2, -0.15) is 0 Å². The van der Waals surface area contributed by atoms with Gasteiger partial charge in [0.15, 0.2) is 11.2 Å². The minimum atomic E-state index is -0.366. The zero-order valence-corrected chi connectivity index (χ0v) is 11.3. The molecule has 0 aliphatic heterocycles. The molecule has 0 bridgehead atoms. The van der Waals surface area contributed by atoms with Gasteiger partial charge in [-0.1, -0.05) is 19.1 Å². The topological polar surface area (TPSA) is 59.3 Å². The molecule has 1 aromatic heterocycles. The molecule has 0 aliphatic carbocycles. The van der Waals surface area contributed by atoms with E-state index in [-0.39, 0.29) is 22.6 Å². The van der Waals surface area contributed by atoms with Crippen LogP contribution in [0, 0.1) is 0 Å². The van der Waals surface area contributed by atoms with Gasteiger partial charge in [0.05, 0.1) is 5.39 Å². The Kier molecular flexibility index (Phi) is 3.42. The highest BCUT2D eigenvalue weighted by atomic mass is 16.3. The third kappa shape index (κ3) is 2.84. The lowest BCUT2D eigenvalue weighted by molar-refractivity contribution is 0.0883. The van der Waals surface area contributed by atoms with E-state index in [0.717, 1.165) is 6.42 Å². The third-order valence-electron chi connectivity index (χ3n) is 3.19. The molecule has 100 valence electrons. The Balaban J connectivity index is 2.41. The normalized spacial score (nSPS) is 11.5. The van der Waals surface area contributed by atoms with Crippen LogP contribution in [0.5, 0.6) is 0 Å². The molecule has 4 heteroatoms. The van der Waals surface area contributed by atoms with Gasteiger partial charge in [-0.25, -0.2) is 0 Å². The number of hydrogen-bond acceptors (Lipinski definition) is 3. The average Bonchev–Trinajstić information content (AvgIpc) is 2.38. The molecule has 1 N–H and O–H groups in total. The van der Waals surface area contributed by atoms with Crippen LogP contribution in [0.25, 0.3) is 11.0 Å². The van der Waals surface area contributed by atoms with E-state index in [4.69, 9.17) is 4.42 Å². The molecular weight excluding hydrogens is 242 g/mol. The van der Waals surface area contributed by atoms with Crippen molar-refractivity contribution in [2.75, 3.05) is 0 Å². The van der Waals surface area contributed by atoms with Gasteiger partial charge in [0, 0.05) is 11.6 Å². The van der Waals surface area contributed by atoms with Crippen LogP contribution in [0.1, 0.15) is 37.7 Å². The van der Waals surface area contributed by atoms with Crippen LogP contribution >= 0.6 is 0 Å². The molecule has 0 atom stereocenters. The van der Waals surface area contributed by atoms with E-state index < -0.39 is 0 Å². The highest BCUT2D eigenvalue weighted by Crippen LogP contribution is 2.13. The number of amides is 1. The van der Waals surface area contributed by atoms with Crippen LogP contribution in [0.15, 0.2) is 39.5 Å². The summed E-state index contributed by atoms with van der Waals surface area (Å²) in [6.45, 7) is 5.82. The van der Waals surface area contributed by atoms with Crippen LogP contribution in [0.4, 0.5) is 0 Å². The lowest BCUT2D eigenvalue weighted by Gasteiger charge is -2.23. The number of rotatable bonds is 3. The summed E-state index contributed by atoms with van der Waals surface area (Å²) in [5, 5.41) is 3.32. The van der Waals surface area contributed by atoms with Crippen molar-refractivity contribution in [3.05, 3.63) is 46.3 Å². The number of carbonyl (C=O) groups excluding carboxylic acids is 1. The minimum Gasteiger partial charge on any atom is -0.451 e. The van der Waals surface area contributed by atoms with Crippen LogP contribution in [-0.4, -0.2) is 11.4 Å². The quantitative estimate of drug-likeness (QED) is 0.922. The summed E-state index contributed by atoms with van der Waals surface area (Å²) < 4.78 is 5.48. The predicted molar refractivity (Wildman–Crippen MR) is 74.3 cm³/mol. The Morgan fingerprint density at radius 2 is 2.00 bits per heavy atom. The van der Waals surface area contributed by atoms with Crippen molar-refractivity contribution in [3.8, 4) is 0 Å². The minimum absolute atomic E-state index is 0.0465. The molecule has 4 nitrogen and oxygen atoms in total. The molecule has 2 rings (SSSR count). The van der Waals surface area contributed by atoms with Crippen molar-refractivity contribution in [2.45, 2.75) is 32.7 Å². The number of carbonyl (C=O) groups is 1. The molecule has 19 heavy (non-hydrogen) atoms. The highest BCUT2D eigenvalue weighted by Gasteiger charge is 2.21. The molecule has 1 heterocycles. The Labute approximate surface area is 111 Å². The average molecular weight is 259 g/mol. The SMILES string of the molecule is CCC(C)(C)NC(=O)c1cc(=O)c2ccccc2o1. The molecule has 0 radical (unpaired) electrons. The number of nitrogens with one attached hydrogen (secondary N) is 1. The van der Waals surface area contributed by atoms with Gasteiger partial charge in [-0.3, -0.25) is 9.59 Å². The first kappa shape index (κ1) is 13.3. The zero-order chi connectivity index (χ0) is 14.0. The second kappa shape index (κ2) is 4.88. The standard InChI is InChI=1S/C15H17NO3/c1-4-15(2,3)16-14(18)13-9-11(17)10-7-5-6-8-12(10)19-13/h5-9H,4H2,1-3H3,(H,16,18). The van der Waals surface area contributed by atoms with E-state index in [1.54, 1.807) is 24.3 Å². The lowest BCUT2D eigenvalue weighted by Crippen LogP contribution is -2.42. The van der Waals surface area contributed by atoms with E-state index in [0.29, 0.717) is 11.0 Å². The molecule has 2 aromatic rings. The van der Waals surface area contributed by atoms with Crippen molar-refractivity contribution >= 4 is 16.9 Å². The predicted octanol–water partition coefficient (Wildman–Crippen LogP) is 2.71. The third-order valence-corrected chi connectivity index (χ3v) is 3.19. The van der Waals surface area contributed by atoms with Crippen molar-refractivity contribution in [1.82, 2.24) is 5.32 Å². The van der Waals surface area contributed by atoms with E-state index in [1.165, 1.54) is 6.07 Å². The van der Waals surface area contributed by atoms with Crippen LogP contribution < -0.4 is 10.7 Å². The second-order valence-corrected chi connectivity index (χ2v) is 5.16. The Bertz CT molecular complexity index is 670. The smallest absolute Gasteiger partial charge is 0.287 e. The summed E-state index contributed by atoms with van der Waals surface area (Å²) in [5.41, 5.74) is -0.114. The van der Waals surface area contributed by atoms with Gasteiger partial charge in [-0.05, 0) is 32.4 Å². The maximum atomic E-state index is 12.1. The Morgan fingerprint density at radius 1 is 1.32 bits per heavy atom. The molecule has 0 aliphatic rings. The van der Waals surface area contributed by atoms with Gasteiger partial charge in [0.25, 0.3) is 5.91 Å². The maximum absolute atomic E-state index is 12.1. The molecule has 0 fully saturated rings. The lowest BCUT2D eigenvalue weighted by atomic mass is 10.0. The largest absolute Gasteiger partial charge is 0.451 e. The molecule has 0 unspecified atom stereocenters. The fraction of sp³-hybridized carbons (Fsp3) is 0.333. The monoisotopic (exact) mass is 259 g/mol. The van der Waals surface area contributed by atoms with E-state index in [2.05, 4.69) is 5.32 Å². The number of para-hydroxylation sites is 1. The summed E-state index contributed by atoms with van der Waals surface area (Å²) in [5.74, 6) is -0.320. The molecule has 0 saturated carbocycles. The number of benzene rings is 1. The summed E-state index contributed by atoms with van der Waals surface area (Å²) in [6.07, 6.45) is 0.788. The van der Waals surface area contributed by atoms with Crippen molar-refractivity contribution in [1.29, 1.82) is 0 Å². The van der Waals surface area contributed by atoms with Gasteiger partial charge in [-0.15, -0.1) is 0 Å². The van der Waals surface area contributed by atoms with Gasteiger partial charge >= 0.3 is 0 Å². The maximum Gasteiger partial charge on any atom is 0.287 e.